The van der Waals surface area contributed by atoms with Crippen LogP contribution in [0.1, 0.15) is 12.8 Å². The number of benzene rings is 2. The first-order chi connectivity index (χ1) is 13.7. The smallest absolute Gasteiger partial charge is 0.277 e. The van der Waals surface area contributed by atoms with Gasteiger partial charge in [-0.25, -0.2) is 0 Å². The van der Waals surface area contributed by atoms with E-state index in [9.17, 15) is 9.59 Å². The van der Waals surface area contributed by atoms with Crippen molar-refractivity contribution in [3.8, 4) is 11.5 Å². The molecular formula is C20H18N4O3S. The molecule has 2 heterocycles. The lowest BCUT2D eigenvalue weighted by Gasteiger charge is -2.16. The van der Waals surface area contributed by atoms with Crippen molar-refractivity contribution >= 4 is 35.0 Å². The third-order valence-corrected chi connectivity index (χ3v) is 5.09. The Balaban J connectivity index is 1.34. The molecule has 28 heavy (non-hydrogen) atoms. The summed E-state index contributed by atoms with van der Waals surface area (Å²) in [4.78, 5) is 25.9. The van der Waals surface area contributed by atoms with E-state index in [-0.39, 0.29) is 17.6 Å². The number of amides is 2. The van der Waals surface area contributed by atoms with Crippen LogP contribution >= 0.6 is 11.8 Å². The maximum absolute atomic E-state index is 12.3. The van der Waals surface area contributed by atoms with Crippen LogP contribution in [-0.2, 0) is 9.59 Å². The van der Waals surface area contributed by atoms with Crippen molar-refractivity contribution in [2.75, 3.05) is 22.5 Å². The average Bonchev–Trinajstić information content (AvgIpc) is 3.36. The van der Waals surface area contributed by atoms with E-state index in [1.165, 1.54) is 11.8 Å². The predicted octanol–water partition coefficient (Wildman–Crippen LogP) is 3.59. The molecule has 0 aliphatic carbocycles. The summed E-state index contributed by atoms with van der Waals surface area (Å²) in [5.74, 6) is 0.494. The lowest BCUT2D eigenvalue weighted by Crippen LogP contribution is -2.23. The first kappa shape index (κ1) is 18.2. The van der Waals surface area contributed by atoms with Gasteiger partial charge in [-0.05, 0) is 36.8 Å². The lowest BCUT2D eigenvalue weighted by atomic mass is 10.2. The molecule has 0 bridgehead atoms. The number of anilines is 2. The SMILES string of the molecule is O=C(CSc1nnc(-c2ccccc2)o1)Nc1cccc(N2CCCC2=O)c1. The maximum Gasteiger partial charge on any atom is 0.277 e. The highest BCUT2D eigenvalue weighted by atomic mass is 32.2. The number of nitrogens with zero attached hydrogens (tertiary/aromatic N) is 3. The van der Waals surface area contributed by atoms with Gasteiger partial charge >= 0.3 is 0 Å². The highest BCUT2D eigenvalue weighted by Gasteiger charge is 2.21. The van der Waals surface area contributed by atoms with Gasteiger partial charge in [0, 0.05) is 29.9 Å². The Morgan fingerprint density at radius 1 is 1.14 bits per heavy atom. The van der Waals surface area contributed by atoms with Gasteiger partial charge in [-0.3, -0.25) is 9.59 Å². The molecule has 1 aromatic heterocycles. The minimum absolute atomic E-state index is 0.115. The number of thioether (sulfide) groups is 1. The zero-order valence-electron chi connectivity index (χ0n) is 15.0. The molecule has 2 amide bonds. The largest absolute Gasteiger partial charge is 0.411 e. The van der Waals surface area contributed by atoms with Crippen molar-refractivity contribution in [3.63, 3.8) is 0 Å². The van der Waals surface area contributed by atoms with Gasteiger partial charge in [0.05, 0.1) is 5.75 Å². The monoisotopic (exact) mass is 394 g/mol. The summed E-state index contributed by atoms with van der Waals surface area (Å²) in [7, 11) is 0. The molecule has 1 aliphatic heterocycles. The van der Waals surface area contributed by atoms with Gasteiger partial charge in [-0.1, -0.05) is 36.0 Å². The van der Waals surface area contributed by atoms with Crippen molar-refractivity contribution in [1.29, 1.82) is 0 Å². The van der Waals surface area contributed by atoms with Gasteiger partial charge in [0.2, 0.25) is 17.7 Å². The summed E-state index contributed by atoms with van der Waals surface area (Å²) in [6.45, 7) is 0.715. The first-order valence-electron chi connectivity index (χ1n) is 8.91. The quantitative estimate of drug-likeness (QED) is 0.643. The van der Waals surface area contributed by atoms with Crippen LogP contribution in [-0.4, -0.2) is 34.3 Å². The van der Waals surface area contributed by atoms with E-state index in [1.807, 2.05) is 48.5 Å². The van der Waals surface area contributed by atoms with Crippen molar-refractivity contribution < 1.29 is 14.0 Å². The predicted molar refractivity (Wildman–Crippen MR) is 107 cm³/mol. The molecule has 3 aromatic rings. The molecule has 4 rings (SSSR count). The number of hydrogen-bond donors (Lipinski definition) is 1. The summed E-state index contributed by atoms with van der Waals surface area (Å²) < 4.78 is 5.59. The van der Waals surface area contributed by atoms with Gasteiger partial charge in [-0.2, -0.15) is 0 Å². The van der Waals surface area contributed by atoms with E-state index < -0.39 is 0 Å². The van der Waals surface area contributed by atoms with Crippen LogP contribution in [0.2, 0.25) is 0 Å². The second-order valence-corrected chi connectivity index (χ2v) is 7.20. The summed E-state index contributed by atoms with van der Waals surface area (Å²) in [6.07, 6.45) is 1.43. The lowest BCUT2D eigenvalue weighted by molar-refractivity contribution is -0.117. The van der Waals surface area contributed by atoms with Gasteiger partial charge in [-0.15, -0.1) is 10.2 Å². The molecule has 0 radical (unpaired) electrons. The summed E-state index contributed by atoms with van der Waals surface area (Å²) in [5, 5.41) is 11.2. The van der Waals surface area contributed by atoms with Crippen LogP contribution in [0.3, 0.4) is 0 Å². The number of rotatable bonds is 6. The minimum atomic E-state index is -0.186. The van der Waals surface area contributed by atoms with Gasteiger partial charge < -0.3 is 14.6 Å². The molecule has 1 saturated heterocycles. The van der Waals surface area contributed by atoms with Crippen LogP contribution in [0, 0.1) is 0 Å². The molecule has 0 saturated carbocycles. The molecule has 2 aromatic carbocycles. The molecule has 142 valence electrons. The third kappa shape index (κ3) is 4.23. The Bertz CT molecular complexity index is 990. The van der Waals surface area contributed by atoms with Crippen molar-refractivity contribution in [2.45, 2.75) is 18.1 Å². The number of hydrogen-bond acceptors (Lipinski definition) is 6. The molecule has 0 spiro atoms. The zero-order chi connectivity index (χ0) is 19.3. The van der Waals surface area contributed by atoms with E-state index >= 15 is 0 Å². The van der Waals surface area contributed by atoms with Crippen LogP contribution in [0.4, 0.5) is 11.4 Å². The Hall–Kier alpha value is -3.13. The number of aromatic nitrogens is 2. The molecule has 0 unspecified atom stereocenters. The van der Waals surface area contributed by atoms with Crippen LogP contribution < -0.4 is 10.2 Å². The summed E-state index contributed by atoms with van der Waals surface area (Å²) in [5.41, 5.74) is 2.29. The fourth-order valence-electron chi connectivity index (χ4n) is 2.96. The topological polar surface area (TPSA) is 88.3 Å². The first-order valence-corrected chi connectivity index (χ1v) is 9.89. The fourth-order valence-corrected chi connectivity index (χ4v) is 3.53. The minimum Gasteiger partial charge on any atom is -0.411 e. The van der Waals surface area contributed by atoms with Crippen molar-refractivity contribution in [2.24, 2.45) is 0 Å². The molecule has 8 heteroatoms. The van der Waals surface area contributed by atoms with Crippen LogP contribution in [0.5, 0.6) is 0 Å². The van der Waals surface area contributed by atoms with Crippen molar-refractivity contribution in [3.05, 3.63) is 54.6 Å². The molecule has 1 N–H and O–H groups in total. The van der Waals surface area contributed by atoms with E-state index in [0.717, 1.165) is 17.7 Å². The summed E-state index contributed by atoms with van der Waals surface area (Å²) in [6, 6.07) is 16.8. The van der Waals surface area contributed by atoms with E-state index in [1.54, 1.807) is 11.0 Å². The molecule has 7 nitrogen and oxygen atoms in total. The normalized spacial score (nSPS) is 13.7. The second-order valence-electron chi connectivity index (χ2n) is 6.28. The second kappa shape index (κ2) is 8.26. The Kier molecular flexibility index (Phi) is 5.38. The Labute approximate surface area is 166 Å². The van der Waals surface area contributed by atoms with E-state index in [4.69, 9.17) is 4.42 Å². The highest BCUT2D eigenvalue weighted by Crippen LogP contribution is 2.25. The van der Waals surface area contributed by atoms with Crippen LogP contribution in [0.15, 0.2) is 64.2 Å². The Morgan fingerprint density at radius 3 is 2.79 bits per heavy atom. The highest BCUT2D eigenvalue weighted by molar-refractivity contribution is 7.99. The zero-order valence-corrected chi connectivity index (χ0v) is 15.8. The molecule has 0 atom stereocenters. The van der Waals surface area contributed by atoms with Gasteiger partial charge in [0.25, 0.3) is 5.22 Å². The maximum atomic E-state index is 12.3. The number of carbonyl (C=O) groups is 2. The standard InChI is InChI=1S/C20H18N4O3S/c25-17(13-28-20-23-22-19(27-20)14-6-2-1-3-7-14)21-15-8-4-9-16(12-15)24-11-5-10-18(24)26/h1-4,6-9,12H,5,10-11,13H2,(H,21,25). The van der Waals surface area contributed by atoms with E-state index in [2.05, 4.69) is 15.5 Å². The van der Waals surface area contributed by atoms with E-state index in [0.29, 0.717) is 29.8 Å². The molecular weight excluding hydrogens is 376 g/mol. The van der Waals surface area contributed by atoms with Gasteiger partial charge in [0.1, 0.15) is 0 Å². The van der Waals surface area contributed by atoms with Crippen molar-refractivity contribution in [1.82, 2.24) is 10.2 Å². The Morgan fingerprint density at radius 2 is 2.00 bits per heavy atom. The third-order valence-electron chi connectivity index (χ3n) is 4.27. The summed E-state index contributed by atoms with van der Waals surface area (Å²) >= 11 is 1.18. The molecule has 1 fully saturated rings. The van der Waals surface area contributed by atoms with Gasteiger partial charge in [0.15, 0.2) is 0 Å². The number of carbonyl (C=O) groups excluding carboxylic acids is 2. The number of nitrogens with one attached hydrogen (secondary N) is 1. The average molecular weight is 394 g/mol. The molecule has 1 aliphatic rings. The van der Waals surface area contributed by atoms with Crippen LogP contribution in [0.25, 0.3) is 11.5 Å². The fraction of sp³-hybridized carbons (Fsp3) is 0.200.